The molecule has 12 heavy (non-hydrogen) atoms. The van der Waals surface area contributed by atoms with E-state index in [0.29, 0.717) is 6.54 Å². The molecule has 0 aliphatic heterocycles. The van der Waals surface area contributed by atoms with Crippen molar-refractivity contribution in [1.82, 2.24) is 0 Å². The lowest BCUT2D eigenvalue weighted by atomic mass is 10.1. The maximum Gasteiger partial charge on any atom is 0.0178 e. The molecule has 0 saturated heterocycles. The number of hydrogen-bond donors (Lipinski definition) is 1. The van der Waals surface area contributed by atoms with E-state index in [-0.39, 0.29) is 12.4 Å². The highest BCUT2D eigenvalue weighted by atomic mass is 35.5. The summed E-state index contributed by atoms with van der Waals surface area (Å²) in [6, 6.07) is 8.28. The van der Waals surface area contributed by atoms with Gasteiger partial charge in [0, 0.05) is 6.54 Å². The van der Waals surface area contributed by atoms with Gasteiger partial charge in [-0.1, -0.05) is 30.3 Å². The summed E-state index contributed by atoms with van der Waals surface area (Å²) in [5.41, 5.74) is 7.92. The van der Waals surface area contributed by atoms with Crippen LogP contribution in [0.2, 0.25) is 0 Å². The molecule has 2 heteroatoms. The number of rotatable bonds is 3. The molecule has 0 saturated carbocycles. The molecule has 0 bridgehead atoms. The average molecular weight is 184 g/mol. The Morgan fingerprint density at radius 3 is 2.08 bits per heavy atom. The second kappa shape index (κ2) is 5.81. The summed E-state index contributed by atoms with van der Waals surface area (Å²) in [5.74, 6) is 0. The van der Waals surface area contributed by atoms with Crippen LogP contribution in [0.15, 0.2) is 36.9 Å². The molecule has 1 rings (SSSR count). The molecule has 0 aromatic heterocycles. The molecule has 1 aromatic rings. The maximum absolute atomic E-state index is 5.45. The van der Waals surface area contributed by atoms with E-state index < -0.39 is 0 Å². The molecule has 0 aliphatic carbocycles. The highest BCUT2D eigenvalue weighted by Crippen LogP contribution is 2.04. The summed E-state index contributed by atoms with van der Waals surface area (Å²) in [6.07, 6.45) is 2.84. The van der Waals surface area contributed by atoms with Gasteiger partial charge in [-0.25, -0.2) is 0 Å². The van der Waals surface area contributed by atoms with Gasteiger partial charge in [-0.3, -0.25) is 0 Å². The first-order valence-corrected chi connectivity index (χ1v) is 3.75. The quantitative estimate of drug-likeness (QED) is 0.716. The maximum atomic E-state index is 5.45. The van der Waals surface area contributed by atoms with Crippen molar-refractivity contribution in [1.29, 1.82) is 0 Å². The van der Waals surface area contributed by atoms with E-state index in [0.717, 1.165) is 6.42 Å². The first kappa shape index (κ1) is 11.2. The number of benzene rings is 1. The first-order chi connectivity index (χ1) is 5.36. The summed E-state index contributed by atoms with van der Waals surface area (Å²) >= 11 is 0. The van der Waals surface area contributed by atoms with Gasteiger partial charge in [0.05, 0.1) is 0 Å². The zero-order chi connectivity index (χ0) is 8.10. The Morgan fingerprint density at radius 1 is 1.17 bits per heavy atom. The fourth-order valence-electron chi connectivity index (χ4n) is 0.978. The lowest BCUT2D eigenvalue weighted by Crippen LogP contribution is -1.95. The van der Waals surface area contributed by atoms with E-state index in [1.54, 1.807) is 0 Å². The van der Waals surface area contributed by atoms with Crippen molar-refractivity contribution >= 4 is 12.4 Å². The van der Waals surface area contributed by atoms with E-state index in [1.807, 2.05) is 6.08 Å². The third kappa shape index (κ3) is 3.07. The van der Waals surface area contributed by atoms with Crippen molar-refractivity contribution in [2.75, 3.05) is 0 Å². The zero-order valence-electron chi connectivity index (χ0n) is 6.99. The normalized spacial score (nSPS) is 8.75. The van der Waals surface area contributed by atoms with Gasteiger partial charge in [0.15, 0.2) is 0 Å². The molecule has 0 spiro atoms. The van der Waals surface area contributed by atoms with Gasteiger partial charge in [0.25, 0.3) is 0 Å². The molecule has 0 radical (unpaired) electrons. The molecule has 0 unspecified atom stereocenters. The van der Waals surface area contributed by atoms with Crippen LogP contribution in [-0.2, 0) is 13.0 Å². The predicted octanol–water partition coefficient (Wildman–Crippen LogP) is 2.30. The summed E-state index contributed by atoms with van der Waals surface area (Å²) < 4.78 is 0. The van der Waals surface area contributed by atoms with Crippen molar-refractivity contribution in [3.8, 4) is 0 Å². The topological polar surface area (TPSA) is 26.0 Å². The van der Waals surface area contributed by atoms with Crippen LogP contribution in [0.4, 0.5) is 0 Å². The molecule has 0 fully saturated rings. The minimum atomic E-state index is 0. The molecule has 0 heterocycles. The van der Waals surface area contributed by atoms with Crippen molar-refractivity contribution in [3.63, 3.8) is 0 Å². The van der Waals surface area contributed by atoms with Crippen molar-refractivity contribution < 1.29 is 0 Å². The number of nitrogens with two attached hydrogens (primary N) is 1. The van der Waals surface area contributed by atoms with E-state index in [9.17, 15) is 0 Å². The standard InChI is InChI=1S/C10H13N.ClH/c1-2-3-9-4-6-10(8-11)7-5-9;/h2,4-7H,1,3,8,11H2;1H. The van der Waals surface area contributed by atoms with Crippen LogP contribution >= 0.6 is 12.4 Å². The van der Waals surface area contributed by atoms with Gasteiger partial charge in [0.1, 0.15) is 0 Å². The lowest BCUT2D eigenvalue weighted by Gasteiger charge is -1.98. The second-order valence-electron chi connectivity index (χ2n) is 2.51. The highest BCUT2D eigenvalue weighted by Gasteiger charge is 1.89. The number of halogens is 1. The van der Waals surface area contributed by atoms with Crippen LogP contribution in [0.25, 0.3) is 0 Å². The Labute approximate surface area is 79.7 Å². The van der Waals surface area contributed by atoms with E-state index in [2.05, 4.69) is 30.8 Å². The van der Waals surface area contributed by atoms with Crippen LogP contribution in [0.1, 0.15) is 11.1 Å². The predicted molar refractivity (Wildman–Crippen MR) is 55.5 cm³/mol. The lowest BCUT2D eigenvalue weighted by molar-refractivity contribution is 1.07. The molecule has 0 atom stereocenters. The van der Waals surface area contributed by atoms with Crippen molar-refractivity contribution in [3.05, 3.63) is 48.0 Å². The van der Waals surface area contributed by atoms with E-state index >= 15 is 0 Å². The number of allylic oxidation sites excluding steroid dienone is 1. The highest BCUT2D eigenvalue weighted by molar-refractivity contribution is 5.85. The molecule has 1 aromatic carbocycles. The minimum Gasteiger partial charge on any atom is -0.326 e. The summed E-state index contributed by atoms with van der Waals surface area (Å²) in [5, 5.41) is 0. The molecule has 0 amide bonds. The van der Waals surface area contributed by atoms with Gasteiger partial charge in [-0.15, -0.1) is 19.0 Å². The number of hydrogen-bond acceptors (Lipinski definition) is 1. The fourth-order valence-corrected chi connectivity index (χ4v) is 0.978. The third-order valence-corrected chi connectivity index (χ3v) is 1.64. The zero-order valence-corrected chi connectivity index (χ0v) is 7.81. The van der Waals surface area contributed by atoms with Crippen LogP contribution in [0.3, 0.4) is 0 Å². The Hall–Kier alpha value is -0.790. The fraction of sp³-hybridized carbons (Fsp3) is 0.200. The van der Waals surface area contributed by atoms with Crippen LogP contribution in [-0.4, -0.2) is 0 Å². The van der Waals surface area contributed by atoms with E-state index in [1.165, 1.54) is 11.1 Å². The average Bonchev–Trinajstić information content (AvgIpc) is 2.07. The molecule has 2 N–H and O–H groups in total. The van der Waals surface area contributed by atoms with E-state index in [4.69, 9.17) is 5.73 Å². The smallest absolute Gasteiger partial charge is 0.0178 e. The Kier molecular flexibility index (Phi) is 5.43. The van der Waals surface area contributed by atoms with Gasteiger partial charge in [-0.2, -0.15) is 0 Å². The molecule has 66 valence electrons. The van der Waals surface area contributed by atoms with Gasteiger partial charge < -0.3 is 5.73 Å². The molecule has 0 aliphatic rings. The Bertz CT molecular complexity index is 228. The Balaban J connectivity index is 0.00000121. The largest absolute Gasteiger partial charge is 0.326 e. The summed E-state index contributed by atoms with van der Waals surface area (Å²) in [6.45, 7) is 4.29. The minimum absolute atomic E-state index is 0. The Morgan fingerprint density at radius 2 is 1.67 bits per heavy atom. The summed E-state index contributed by atoms with van der Waals surface area (Å²) in [4.78, 5) is 0. The van der Waals surface area contributed by atoms with Gasteiger partial charge in [0.2, 0.25) is 0 Å². The third-order valence-electron chi connectivity index (χ3n) is 1.64. The molecular weight excluding hydrogens is 170 g/mol. The SMILES string of the molecule is C=CCc1ccc(CN)cc1.Cl. The van der Waals surface area contributed by atoms with Crippen molar-refractivity contribution in [2.24, 2.45) is 5.73 Å². The van der Waals surface area contributed by atoms with Crippen LogP contribution in [0.5, 0.6) is 0 Å². The first-order valence-electron chi connectivity index (χ1n) is 3.75. The molecular formula is C10H14ClN. The second-order valence-corrected chi connectivity index (χ2v) is 2.51. The van der Waals surface area contributed by atoms with Gasteiger partial charge >= 0.3 is 0 Å². The van der Waals surface area contributed by atoms with Crippen LogP contribution < -0.4 is 5.73 Å². The van der Waals surface area contributed by atoms with Crippen LogP contribution in [0, 0.1) is 0 Å². The summed E-state index contributed by atoms with van der Waals surface area (Å²) in [7, 11) is 0. The van der Waals surface area contributed by atoms with Gasteiger partial charge in [-0.05, 0) is 17.5 Å². The monoisotopic (exact) mass is 183 g/mol. The van der Waals surface area contributed by atoms with Crippen molar-refractivity contribution in [2.45, 2.75) is 13.0 Å². The molecule has 1 nitrogen and oxygen atoms in total.